The fourth-order valence-electron chi connectivity index (χ4n) is 4.60. The first-order chi connectivity index (χ1) is 16.9. The molecule has 0 unspecified atom stereocenters. The summed E-state index contributed by atoms with van der Waals surface area (Å²) in [4.78, 5) is 51.5. The van der Waals surface area contributed by atoms with Gasteiger partial charge in [-0.05, 0) is 41.3 Å². The third-order valence-electron chi connectivity index (χ3n) is 6.52. The van der Waals surface area contributed by atoms with Crippen LogP contribution in [-0.4, -0.2) is 28.8 Å². The van der Waals surface area contributed by atoms with E-state index in [4.69, 9.17) is 4.74 Å². The molecule has 0 aromatic heterocycles. The van der Waals surface area contributed by atoms with Crippen molar-refractivity contribution in [3.8, 4) is 0 Å². The van der Waals surface area contributed by atoms with Gasteiger partial charge in [0.15, 0.2) is 0 Å². The fraction of sp³-hybridized carbons (Fsp3) is 0.185. The van der Waals surface area contributed by atoms with E-state index in [1.54, 1.807) is 37.3 Å². The topological polar surface area (TPSA) is 105 Å². The Kier molecular flexibility index (Phi) is 5.56. The number of imide groups is 1. The highest BCUT2D eigenvalue weighted by molar-refractivity contribution is 6.09. The average Bonchev–Trinajstić information content (AvgIpc) is 3.14. The molecule has 3 aromatic carbocycles. The Morgan fingerprint density at radius 2 is 1.71 bits per heavy atom. The number of nitrogens with one attached hydrogen (secondary N) is 2. The van der Waals surface area contributed by atoms with Crippen LogP contribution >= 0.6 is 0 Å². The highest BCUT2D eigenvalue weighted by atomic mass is 16.5. The molecule has 0 spiro atoms. The van der Waals surface area contributed by atoms with Crippen LogP contribution in [0, 0.1) is 0 Å². The monoisotopic (exact) mass is 469 g/mol. The Hall–Kier alpha value is -4.46. The molecule has 2 aliphatic rings. The first-order valence-corrected chi connectivity index (χ1v) is 11.3. The molecule has 3 aromatic rings. The quantitative estimate of drug-likeness (QED) is 0.439. The summed E-state index contributed by atoms with van der Waals surface area (Å²) >= 11 is 0. The van der Waals surface area contributed by atoms with Gasteiger partial charge in [-0.3, -0.25) is 15.0 Å². The zero-order valence-corrected chi connectivity index (χ0v) is 19.0. The number of esters is 1. The van der Waals surface area contributed by atoms with Gasteiger partial charge in [-0.25, -0.2) is 9.59 Å². The van der Waals surface area contributed by atoms with Gasteiger partial charge in [0.25, 0.3) is 11.8 Å². The lowest BCUT2D eigenvalue weighted by Crippen LogP contribution is -2.48. The summed E-state index contributed by atoms with van der Waals surface area (Å²) < 4.78 is 5.57. The normalized spacial score (nSPS) is 21.2. The minimum Gasteiger partial charge on any atom is -0.454 e. The molecule has 0 saturated carbocycles. The number of hydrazine groups is 1. The van der Waals surface area contributed by atoms with E-state index in [-0.39, 0.29) is 5.56 Å². The zero-order valence-electron chi connectivity index (χ0n) is 19.0. The van der Waals surface area contributed by atoms with Crippen LogP contribution in [0.15, 0.2) is 78.9 Å². The summed E-state index contributed by atoms with van der Waals surface area (Å²) in [7, 11) is 0. The van der Waals surface area contributed by atoms with Crippen molar-refractivity contribution in [3.63, 3.8) is 0 Å². The molecule has 0 bridgehead atoms. The Morgan fingerprint density at radius 1 is 1.03 bits per heavy atom. The lowest BCUT2D eigenvalue weighted by Gasteiger charge is -2.26. The minimum absolute atomic E-state index is 0.222. The van der Waals surface area contributed by atoms with Gasteiger partial charge in [-0.2, -0.15) is 5.01 Å². The molecule has 35 heavy (non-hydrogen) atoms. The lowest BCUT2D eigenvalue weighted by molar-refractivity contribution is -0.133. The summed E-state index contributed by atoms with van der Waals surface area (Å²) in [5.41, 5.74) is 3.94. The summed E-state index contributed by atoms with van der Waals surface area (Å²) in [6.45, 7) is 1.79. The molecule has 8 heteroatoms. The lowest BCUT2D eigenvalue weighted by atomic mass is 9.87. The predicted molar refractivity (Wildman–Crippen MR) is 126 cm³/mol. The number of carbonyl (C=O) groups excluding carboxylic acids is 4. The number of hydrogen-bond donors (Lipinski definition) is 2. The average molecular weight is 469 g/mol. The summed E-state index contributed by atoms with van der Waals surface area (Å²) in [5, 5.41) is 3.45. The molecule has 2 atom stereocenters. The Labute approximate surface area is 201 Å². The Balaban J connectivity index is 1.38. The molecular weight excluding hydrogens is 446 g/mol. The van der Waals surface area contributed by atoms with E-state index < -0.39 is 35.5 Å². The largest absolute Gasteiger partial charge is 0.454 e. The molecule has 2 heterocycles. The standard InChI is InChI=1S/C27H23N3O5/c1-2-27(20-11-7-4-8-12-20)25(33)30(26(34)28-27)29-23(31)18-13-14-21-19(15-18)16-22(35-24(21)32)17-9-5-3-6-10-17/h3-15,22H,2,16H2,1H3,(H,28,34)(H,29,31)/t22-,27+/m0/s1. The number of hydrogen-bond acceptors (Lipinski definition) is 5. The Morgan fingerprint density at radius 3 is 2.40 bits per heavy atom. The fourth-order valence-corrected chi connectivity index (χ4v) is 4.60. The van der Waals surface area contributed by atoms with Gasteiger partial charge < -0.3 is 10.1 Å². The number of urea groups is 1. The van der Waals surface area contributed by atoms with Crippen molar-refractivity contribution >= 4 is 23.8 Å². The second kappa shape index (κ2) is 8.72. The van der Waals surface area contributed by atoms with E-state index in [0.29, 0.717) is 29.5 Å². The van der Waals surface area contributed by atoms with Gasteiger partial charge in [0, 0.05) is 12.0 Å². The molecule has 0 aliphatic carbocycles. The van der Waals surface area contributed by atoms with Crippen molar-refractivity contribution in [3.05, 3.63) is 107 Å². The summed E-state index contributed by atoms with van der Waals surface area (Å²) in [6.07, 6.45) is 0.259. The van der Waals surface area contributed by atoms with Crippen LogP contribution in [0.3, 0.4) is 0 Å². The van der Waals surface area contributed by atoms with Crippen LogP contribution in [0.1, 0.15) is 56.9 Å². The molecule has 5 rings (SSSR count). The van der Waals surface area contributed by atoms with Crippen LogP contribution in [0.4, 0.5) is 4.79 Å². The maximum absolute atomic E-state index is 13.3. The number of carbonyl (C=O) groups is 4. The number of nitrogens with zero attached hydrogens (tertiary/aromatic N) is 1. The maximum atomic E-state index is 13.3. The first-order valence-electron chi connectivity index (χ1n) is 11.3. The third kappa shape index (κ3) is 3.82. The highest BCUT2D eigenvalue weighted by Gasteiger charge is 2.52. The Bertz CT molecular complexity index is 1330. The van der Waals surface area contributed by atoms with E-state index in [2.05, 4.69) is 10.7 Å². The molecule has 2 aliphatic heterocycles. The van der Waals surface area contributed by atoms with Gasteiger partial charge in [0.1, 0.15) is 11.6 Å². The molecule has 1 fully saturated rings. The third-order valence-corrected chi connectivity index (χ3v) is 6.52. The summed E-state index contributed by atoms with van der Waals surface area (Å²) in [5.74, 6) is -1.65. The molecule has 8 nitrogen and oxygen atoms in total. The van der Waals surface area contributed by atoms with Crippen molar-refractivity contribution in [2.24, 2.45) is 0 Å². The van der Waals surface area contributed by atoms with E-state index in [0.717, 1.165) is 10.6 Å². The van der Waals surface area contributed by atoms with E-state index >= 15 is 0 Å². The smallest absolute Gasteiger partial charge is 0.344 e. The van der Waals surface area contributed by atoms with Crippen LogP contribution < -0.4 is 10.7 Å². The number of ether oxygens (including phenoxy) is 1. The number of cyclic esters (lactones) is 1. The van der Waals surface area contributed by atoms with E-state index in [9.17, 15) is 19.2 Å². The number of amides is 4. The van der Waals surface area contributed by atoms with Gasteiger partial charge in [-0.15, -0.1) is 0 Å². The SMILES string of the molecule is CC[C@]1(c2ccccc2)NC(=O)N(NC(=O)c2ccc3c(c2)C[C@@H](c2ccccc2)OC3=O)C1=O. The number of benzene rings is 3. The van der Waals surface area contributed by atoms with Gasteiger partial charge >= 0.3 is 12.0 Å². The summed E-state index contributed by atoms with van der Waals surface area (Å²) in [6, 6.07) is 22.2. The number of rotatable bonds is 5. The van der Waals surface area contributed by atoms with Crippen molar-refractivity contribution in [2.45, 2.75) is 31.4 Å². The molecular formula is C27H23N3O5. The minimum atomic E-state index is -1.26. The van der Waals surface area contributed by atoms with Crippen molar-refractivity contribution in [2.75, 3.05) is 0 Å². The molecule has 2 N–H and O–H groups in total. The van der Waals surface area contributed by atoms with E-state index in [1.165, 1.54) is 12.1 Å². The van der Waals surface area contributed by atoms with Crippen LogP contribution in [-0.2, 0) is 21.5 Å². The number of fused-ring (bicyclic) bond motifs is 1. The molecule has 0 radical (unpaired) electrons. The van der Waals surface area contributed by atoms with Crippen LogP contribution in [0.25, 0.3) is 0 Å². The second-order valence-electron chi connectivity index (χ2n) is 8.52. The van der Waals surface area contributed by atoms with Crippen LogP contribution in [0.5, 0.6) is 0 Å². The highest BCUT2D eigenvalue weighted by Crippen LogP contribution is 2.33. The molecule has 4 amide bonds. The van der Waals surface area contributed by atoms with Gasteiger partial charge in [0.05, 0.1) is 5.56 Å². The second-order valence-corrected chi connectivity index (χ2v) is 8.52. The molecule has 1 saturated heterocycles. The predicted octanol–water partition coefficient (Wildman–Crippen LogP) is 3.64. The molecule has 176 valence electrons. The first kappa shape index (κ1) is 22.3. The zero-order chi connectivity index (χ0) is 24.6. The van der Waals surface area contributed by atoms with Crippen molar-refractivity contribution in [1.29, 1.82) is 0 Å². The van der Waals surface area contributed by atoms with Crippen molar-refractivity contribution in [1.82, 2.24) is 15.8 Å². The van der Waals surface area contributed by atoms with Crippen LogP contribution in [0.2, 0.25) is 0 Å². The van der Waals surface area contributed by atoms with Gasteiger partial charge in [0.2, 0.25) is 0 Å². The van der Waals surface area contributed by atoms with Crippen molar-refractivity contribution < 1.29 is 23.9 Å². The van der Waals surface area contributed by atoms with Gasteiger partial charge in [-0.1, -0.05) is 67.6 Å². The maximum Gasteiger partial charge on any atom is 0.344 e. The van der Waals surface area contributed by atoms with E-state index in [1.807, 2.05) is 36.4 Å².